The Bertz CT molecular complexity index is 414. The largest absolute Gasteiger partial charge is 0.394 e. The van der Waals surface area contributed by atoms with Crippen LogP contribution in [0.1, 0.15) is 25.5 Å². The van der Waals surface area contributed by atoms with Crippen molar-refractivity contribution in [2.24, 2.45) is 5.92 Å². The number of aromatic nitrogens is 2. The maximum atomic E-state index is 12.0. The Morgan fingerprint density at radius 1 is 1.65 bits per heavy atom. The summed E-state index contributed by atoms with van der Waals surface area (Å²) in [4.78, 5) is 13.8. The first-order valence-corrected chi connectivity index (χ1v) is 5.94. The quantitative estimate of drug-likeness (QED) is 0.692. The molecule has 0 bridgehead atoms. The lowest BCUT2D eigenvalue weighted by Gasteiger charge is -2.30. The average molecular weight is 237 g/mol. The molecular formula is C11H19N5O. The van der Waals surface area contributed by atoms with E-state index in [4.69, 9.17) is 5.73 Å². The van der Waals surface area contributed by atoms with Crippen molar-refractivity contribution in [3.05, 3.63) is 5.69 Å². The van der Waals surface area contributed by atoms with Gasteiger partial charge in [-0.15, -0.1) is 0 Å². The zero-order valence-electron chi connectivity index (χ0n) is 10.3. The molecule has 17 heavy (non-hydrogen) atoms. The molecule has 1 saturated heterocycles. The van der Waals surface area contributed by atoms with E-state index in [0.29, 0.717) is 17.4 Å². The van der Waals surface area contributed by atoms with Crippen LogP contribution in [0.15, 0.2) is 0 Å². The highest BCUT2D eigenvalue weighted by Crippen LogP contribution is 2.20. The van der Waals surface area contributed by atoms with E-state index in [-0.39, 0.29) is 6.03 Å². The van der Waals surface area contributed by atoms with E-state index in [1.165, 1.54) is 6.42 Å². The van der Waals surface area contributed by atoms with Gasteiger partial charge in [-0.3, -0.25) is 10.4 Å². The van der Waals surface area contributed by atoms with Gasteiger partial charge in [-0.25, -0.2) is 4.79 Å². The molecule has 2 amide bonds. The third-order valence-electron chi connectivity index (χ3n) is 3.16. The van der Waals surface area contributed by atoms with Crippen LogP contribution in [0.25, 0.3) is 0 Å². The van der Waals surface area contributed by atoms with Gasteiger partial charge in [0.15, 0.2) is 5.82 Å². The number of rotatable bonds is 1. The predicted molar refractivity (Wildman–Crippen MR) is 66.7 cm³/mol. The number of likely N-dealkylation sites (tertiary alicyclic amines) is 1. The number of anilines is 2. The molecule has 2 rings (SSSR count). The molecular weight excluding hydrogens is 218 g/mol. The number of aromatic amines is 1. The van der Waals surface area contributed by atoms with Crippen LogP contribution in [0.2, 0.25) is 0 Å². The van der Waals surface area contributed by atoms with E-state index in [2.05, 4.69) is 22.4 Å². The van der Waals surface area contributed by atoms with Gasteiger partial charge in [0.25, 0.3) is 0 Å². The Morgan fingerprint density at radius 3 is 3.00 bits per heavy atom. The van der Waals surface area contributed by atoms with Crippen molar-refractivity contribution in [1.82, 2.24) is 15.1 Å². The lowest BCUT2D eigenvalue weighted by atomic mass is 10.0. The number of nitrogens with two attached hydrogens (primary N) is 1. The predicted octanol–water partition coefficient (Wildman–Crippen LogP) is 1.56. The second-order valence-electron chi connectivity index (χ2n) is 4.73. The zero-order valence-corrected chi connectivity index (χ0v) is 10.3. The fourth-order valence-electron chi connectivity index (χ4n) is 2.09. The van der Waals surface area contributed by atoms with Crippen molar-refractivity contribution in [2.45, 2.75) is 26.7 Å². The van der Waals surface area contributed by atoms with Gasteiger partial charge in [-0.1, -0.05) is 6.92 Å². The minimum atomic E-state index is -0.116. The molecule has 0 aliphatic carbocycles. The number of H-pyrrole nitrogens is 1. The molecule has 1 aliphatic heterocycles. The summed E-state index contributed by atoms with van der Waals surface area (Å²) in [5.74, 6) is 0.985. The standard InChI is InChI=1S/C11H19N5O/c1-7-4-3-5-16(6-7)11(17)13-10-9(12)8(2)14-15-10/h7H,3-6,12H2,1-2H3,(H2,13,14,15,17). The van der Waals surface area contributed by atoms with Crippen LogP contribution in [0.4, 0.5) is 16.3 Å². The van der Waals surface area contributed by atoms with Crippen LogP contribution >= 0.6 is 0 Å². The van der Waals surface area contributed by atoms with Gasteiger partial charge in [0.05, 0.1) is 11.4 Å². The van der Waals surface area contributed by atoms with Gasteiger partial charge in [0.2, 0.25) is 0 Å². The van der Waals surface area contributed by atoms with E-state index in [1.54, 1.807) is 0 Å². The molecule has 0 spiro atoms. The maximum Gasteiger partial charge on any atom is 0.323 e. The summed E-state index contributed by atoms with van der Waals surface area (Å²) >= 11 is 0. The number of nitrogen functional groups attached to an aromatic ring is 1. The highest BCUT2D eigenvalue weighted by Gasteiger charge is 2.22. The first-order chi connectivity index (χ1) is 8.08. The van der Waals surface area contributed by atoms with Crippen molar-refractivity contribution in [3.8, 4) is 0 Å². The number of carbonyl (C=O) groups is 1. The summed E-state index contributed by atoms with van der Waals surface area (Å²) in [6, 6.07) is -0.116. The molecule has 6 nitrogen and oxygen atoms in total. The van der Waals surface area contributed by atoms with Crippen molar-refractivity contribution in [2.75, 3.05) is 24.1 Å². The Kier molecular flexibility index (Phi) is 3.21. The molecule has 0 radical (unpaired) electrons. The van der Waals surface area contributed by atoms with Crippen molar-refractivity contribution < 1.29 is 4.79 Å². The number of nitrogens with one attached hydrogen (secondary N) is 2. The lowest BCUT2D eigenvalue weighted by molar-refractivity contribution is 0.182. The van der Waals surface area contributed by atoms with Gasteiger partial charge < -0.3 is 10.6 Å². The lowest BCUT2D eigenvalue weighted by Crippen LogP contribution is -2.41. The summed E-state index contributed by atoms with van der Waals surface area (Å²) < 4.78 is 0. The topological polar surface area (TPSA) is 87.0 Å². The first kappa shape index (κ1) is 11.8. The van der Waals surface area contributed by atoms with E-state index >= 15 is 0 Å². The summed E-state index contributed by atoms with van der Waals surface area (Å²) in [5.41, 5.74) is 7.05. The van der Waals surface area contributed by atoms with Crippen molar-refractivity contribution >= 4 is 17.5 Å². The number of carbonyl (C=O) groups excluding carboxylic acids is 1. The summed E-state index contributed by atoms with van der Waals surface area (Å²) in [6.45, 7) is 5.59. The smallest absolute Gasteiger partial charge is 0.323 e. The molecule has 94 valence electrons. The van der Waals surface area contributed by atoms with Crippen LogP contribution in [0.5, 0.6) is 0 Å². The minimum Gasteiger partial charge on any atom is -0.394 e. The molecule has 6 heteroatoms. The molecule has 2 heterocycles. The maximum absolute atomic E-state index is 12.0. The number of aryl methyl sites for hydroxylation is 1. The van der Waals surface area contributed by atoms with E-state index in [9.17, 15) is 4.79 Å². The van der Waals surface area contributed by atoms with Crippen LogP contribution in [-0.4, -0.2) is 34.2 Å². The van der Waals surface area contributed by atoms with Gasteiger partial charge in [0, 0.05) is 13.1 Å². The number of nitrogens with zero attached hydrogens (tertiary/aromatic N) is 2. The Balaban J connectivity index is 1.99. The minimum absolute atomic E-state index is 0.116. The summed E-state index contributed by atoms with van der Waals surface area (Å²) in [6.07, 6.45) is 2.25. The molecule has 4 N–H and O–H groups in total. The number of hydrogen-bond donors (Lipinski definition) is 3. The number of urea groups is 1. The van der Waals surface area contributed by atoms with Crippen LogP contribution in [0.3, 0.4) is 0 Å². The fraction of sp³-hybridized carbons (Fsp3) is 0.636. The SMILES string of the molecule is Cc1[nH]nc(NC(=O)N2CCCC(C)C2)c1N. The van der Waals surface area contributed by atoms with Gasteiger partial charge >= 0.3 is 6.03 Å². The van der Waals surface area contributed by atoms with Crippen LogP contribution < -0.4 is 11.1 Å². The molecule has 0 saturated carbocycles. The number of hydrogen-bond acceptors (Lipinski definition) is 3. The number of amides is 2. The summed E-state index contributed by atoms with van der Waals surface area (Å²) in [5, 5.41) is 9.45. The highest BCUT2D eigenvalue weighted by atomic mass is 16.2. The second-order valence-corrected chi connectivity index (χ2v) is 4.73. The monoisotopic (exact) mass is 237 g/mol. The van der Waals surface area contributed by atoms with Crippen LogP contribution in [0, 0.1) is 12.8 Å². The molecule has 0 aromatic carbocycles. The molecule has 1 aromatic rings. The van der Waals surface area contributed by atoms with E-state index < -0.39 is 0 Å². The van der Waals surface area contributed by atoms with Gasteiger partial charge in [0.1, 0.15) is 0 Å². The van der Waals surface area contributed by atoms with Gasteiger partial charge in [-0.05, 0) is 25.7 Å². The molecule has 1 fully saturated rings. The first-order valence-electron chi connectivity index (χ1n) is 5.94. The molecule has 1 unspecified atom stereocenters. The third kappa shape index (κ3) is 2.51. The normalized spacial score (nSPS) is 20.4. The van der Waals surface area contributed by atoms with Crippen LogP contribution in [-0.2, 0) is 0 Å². The zero-order chi connectivity index (χ0) is 12.4. The van der Waals surface area contributed by atoms with Gasteiger partial charge in [-0.2, -0.15) is 5.10 Å². The van der Waals surface area contributed by atoms with Crippen molar-refractivity contribution in [3.63, 3.8) is 0 Å². The average Bonchev–Trinajstić information content (AvgIpc) is 2.61. The molecule has 1 atom stereocenters. The number of piperidine rings is 1. The summed E-state index contributed by atoms with van der Waals surface area (Å²) in [7, 11) is 0. The van der Waals surface area contributed by atoms with E-state index in [1.807, 2.05) is 11.8 Å². The fourth-order valence-corrected chi connectivity index (χ4v) is 2.09. The Labute approximate surface area is 101 Å². The van der Waals surface area contributed by atoms with Crippen molar-refractivity contribution in [1.29, 1.82) is 0 Å². The second kappa shape index (κ2) is 4.65. The van der Waals surface area contributed by atoms with E-state index in [0.717, 1.165) is 25.2 Å². The Morgan fingerprint density at radius 2 is 2.41 bits per heavy atom. The third-order valence-corrected chi connectivity index (χ3v) is 3.16. The molecule has 1 aromatic heterocycles. The Hall–Kier alpha value is -1.72. The highest BCUT2D eigenvalue weighted by molar-refractivity contribution is 5.91. The molecule has 1 aliphatic rings.